The van der Waals surface area contributed by atoms with Gasteiger partial charge in [-0.1, -0.05) is 0 Å². The second kappa shape index (κ2) is 4.57. The lowest BCUT2D eigenvalue weighted by Gasteiger charge is -2.04. The van der Waals surface area contributed by atoms with Gasteiger partial charge in [0.2, 0.25) is 0 Å². The minimum absolute atomic E-state index is 0.338. The van der Waals surface area contributed by atoms with Crippen molar-refractivity contribution in [3.05, 3.63) is 29.7 Å². The van der Waals surface area contributed by atoms with Crippen LogP contribution in [0.15, 0.2) is 23.8 Å². The number of anilines is 1. The number of nitrogens with one attached hydrogen (secondary N) is 1. The molecule has 2 aromatic heterocycles. The highest BCUT2D eigenvalue weighted by Crippen LogP contribution is 2.24. The minimum Gasteiger partial charge on any atom is -0.359 e. The molecular formula is C11H12FN3S. The van der Waals surface area contributed by atoms with Crippen LogP contribution >= 0.6 is 11.3 Å². The summed E-state index contributed by atoms with van der Waals surface area (Å²) in [5, 5.41) is 5.93. The normalized spacial score (nSPS) is 10.8. The maximum atomic E-state index is 13.0. The van der Waals surface area contributed by atoms with E-state index >= 15 is 0 Å². The Morgan fingerprint density at radius 2 is 2.19 bits per heavy atom. The zero-order chi connectivity index (χ0) is 11.5. The lowest BCUT2D eigenvalue weighted by atomic mass is 10.2. The monoisotopic (exact) mass is 237 g/mol. The molecule has 2 heterocycles. The second-order valence-corrected chi connectivity index (χ2v) is 4.59. The first-order valence-electron chi connectivity index (χ1n) is 4.98. The largest absolute Gasteiger partial charge is 0.359 e. The van der Waals surface area contributed by atoms with E-state index in [0.29, 0.717) is 11.6 Å². The highest BCUT2D eigenvalue weighted by atomic mass is 32.1. The zero-order valence-corrected chi connectivity index (χ0v) is 9.88. The Hall–Kier alpha value is -1.49. The highest BCUT2D eigenvalue weighted by molar-refractivity contribution is 7.14. The molecular weight excluding hydrogens is 225 g/mol. The molecule has 0 saturated carbocycles. The van der Waals surface area contributed by atoms with E-state index in [1.807, 2.05) is 19.2 Å². The van der Waals surface area contributed by atoms with Crippen LogP contribution in [0.25, 0.3) is 11.3 Å². The Morgan fingerprint density at radius 3 is 2.88 bits per heavy atom. The third-order valence-corrected chi connectivity index (χ3v) is 2.69. The quantitative estimate of drug-likeness (QED) is 0.891. The van der Waals surface area contributed by atoms with Crippen molar-refractivity contribution in [2.45, 2.75) is 19.9 Å². The Bertz CT molecular complexity index is 482. The molecule has 0 amide bonds. The Labute approximate surface area is 97.4 Å². The van der Waals surface area contributed by atoms with E-state index in [1.165, 1.54) is 23.6 Å². The molecule has 3 nitrogen and oxygen atoms in total. The summed E-state index contributed by atoms with van der Waals surface area (Å²) in [7, 11) is 0. The summed E-state index contributed by atoms with van der Waals surface area (Å²) in [6.45, 7) is 4.09. The van der Waals surface area contributed by atoms with Crippen LogP contribution in [0.1, 0.15) is 13.8 Å². The van der Waals surface area contributed by atoms with E-state index in [9.17, 15) is 4.39 Å². The van der Waals surface area contributed by atoms with Crippen molar-refractivity contribution in [3.8, 4) is 11.3 Å². The summed E-state index contributed by atoms with van der Waals surface area (Å²) in [4.78, 5) is 8.16. The molecule has 0 aliphatic heterocycles. The van der Waals surface area contributed by atoms with Crippen LogP contribution in [0, 0.1) is 5.82 Å². The summed E-state index contributed by atoms with van der Waals surface area (Å²) in [5.74, 6) is -0.344. The fraction of sp³-hybridized carbons (Fsp3) is 0.273. The molecule has 0 atom stereocenters. The maximum absolute atomic E-state index is 13.0. The summed E-state index contributed by atoms with van der Waals surface area (Å²) >= 11 is 1.51. The third-order valence-electron chi connectivity index (χ3n) is 1.92. The molecule has 0 fully saturated rings. The Balaban J connectivity index is 2.24. The molecule has 0 aliphatic carbocycles. The average molecular weight is 237 g/mol. The minimum atomic E-state index is -0.344. The zero-order valence-electron chi connectivity index (χ0n) is 9.07. The molecule has 0 bridgehead atoms. The van der Waals surface area contributed by atoms with Gasteiger partial charge in [0.1, 0.15) is 5.82 Å². The van der Waals surface area contributed by atoms with Crippen LogP contribution in [-0.2, 0) is 0 Å². The van der Waals surface area contributed by atoms with Crippen LogP contribution in [0.4, 0.5) is 9.52 Å². The summed E-state index contributed by atoms with van der Waals surface area (Å²) in [5.41, 5.74) is 1.45. The fourth-order valence-electron chi connectivity index (χ4n) is 1.27. The van der Waals surface area contributed by atoms with Crippen molar-refractivity contribution in [1.82, 2.24) is 9.97 Å². The Morgan fingerprint density at radius 1 is 1.38 bits per heavy atom. The molecule has 0 unspecified atom stereocenters. The molecule has 1 N–H and O–H groups in total. The lowest BCUT2D eigenvalue weighted by Crippen LogP contribution is -2.08. The molecule has 0 radical (unpaired) electrons. The fourth-order valence-corrected chi connectivity index (χ4v) is 2.14. The van der Waals surface area contributed by atoms with E-state index in [-0.39, 0.29) is 5.82 Å². The highest BCUT2D eigenvalue weighted by Gasteiger charge is 2.06. The number of pyridine rings is 1. The van der Waals surface area contributed by atoms with Crippen molar-refractivity contribution in [1.29, 1.82) is 0 Å². The average Bonchev–Trinajstić information content (AvgIpc) is 2.65. The SMILES string of the molecule is CC(C)Nc1nc(-c2cncc(F)c2)cs1. The molecule has 0 aromatic carbocycles. The molecule has 2 rings (SSSR count). The topological polar surface area (TPSA) is 37.8 Å². The van der Waals surface area contributed by atoms with Gasteiger partial charge in [0.05, 0.1) is 11.9 Å². The number of thiazole rings is 1. The van der Waals surface area contributed by atoms with E-state index < -0.39 is 0 Å². The van der Waals surface area contributed by atoms with Crippen molar-refractivity contribution in [2.24, 2.45) is 0 Å². The molecule has 0 spiro atoms. The van der Waals surface area contributed by atoms with E-state index in [1.54, 1.807) is 6.20 Å². The van der Waals surface area contributed by atoms with Crippen molar-refractivity contribution in [2.75, 3.05) is 5.32 Å². The van der Waals surface area contributed by atoms with Gasteiger partial charge in [0.25, 0.3) is 0 Å². The number of hydrogen-bond acceptors (Lipinski definition) is 4. The van der Waals surface area contributed by atoms with Gasteiger partial charge in [-0.3, -0.25) is 4.98 Å². The smallest absolute Gasteiger partial charge is 0.183 e. The van der Waals surface area contributed by atoms with Crippen molar-refractivity contribution < 1.29 is 4.39 Å². The molecule has 0 saturated heterocycles. The number of halogens is 1. The van der Waals surface area contributed by atoms with Gasteiger partial charge < -0.3 is 5.32 Å². The van der Waals surface area contributed by atoms with Crippen LogP contribution in [0.3, 0.4) is 0 Å². The van der Waals surface area contributed by atoms with Gasteiger partial charge in [-0.25, -0.2) is 9.37 Å². The third kappa shape index (κ3) is 2.55. The van der Waals surface area contributed by atoms with Crippen LogP contribution < -0.4 is 5.32 Å². The summed E-state index contributed by atoms with van der Waals surface area (Å²) in [6, 6.07) is 1.77. The predicted molar refractivity (Wildman–Crippen MR) is 64.1 cm³/mol. The predicted octanol–water partition coefficient (Wildman–Crippen LogP) is 3.16. The number of nitrogens with zero attached hydrogens (tertiary/aromatic N) is 2. The van der Waals surface area contributed by atoms with E-state index in [0.717, 1.165) is 10.8 Å². The first-order valence-corrected chi connectivity index (χ1v) is 5.86. The van der Waals surface area contributed by atoms with Crippen LogP contribution in [0.5, 0.6) is 0 Å². The maximum Gasteiger partial charge on any atom is 0.183 e. The van der Waals surface area contributed by atoms with E-state index in [4.69, 9.17) is 0 Å². The van der Waals surface area contributed by atoms with Crippen molar-refractivity contribution in [3.63, 3.8) is 0 Å². The summed E-state index contributed by atoms with van der Waals surface area (Å²) < 4.78 is 13.0. The first-order chi connectivity index (χ1) is 7.65. The van der Waals surface area contributed by atoms with Crippen LogP contribution in [-0.4, -0.2) is 16.0 Å². The molecule has 16 heavy (non-hydrogen) atoms. The summed E-state index contributed by atoms with van der Waals surface area (Å²) in [6.07, 6.45) is 2.79. The number of hydrogen-bond donors (Lipinski definition) is 1. The molecule has 84 valence electrons. The number of rotatable bonds is 3. The van der Waals surface area contributed by atoms with Gasteiger partial charge in [-0.05, 0) is 19.9 Å². The Kier molecular flexibility index (Phi) is 3.14. The molecule has 0 aliphatic rings. The standard InChI is InChI=1S/C11H12FN3S/c1-7(2)14-11-15-10(6-16-11)8-3-9(12)5-13-4-8/h3-7H,1-2H3,(H,14,15). The number of aromatic nitrogens is 2. The van der Waals surface area contributed by atoms with Gasteiger partial charge in [0.15, 0.2) is 5.13 Å². The van der Waals surface area contributed by atoms with Gasteiger partial charge in [-0.2, -0.15) is 0 Å². The lowest BCUT2D eigenvalue weighted by molar-refractivity contribution is 0.622. The second-order valence-electron chi connectivity index (χ2n) is 3.73. The van der Waals surface area contributed by atoms with Crippen LogP contribution in [0.2, 0.25) is 0 Å². The van der Waals surface area contributed by atoms with Gasteiger partial charge in [-0.15, -0.1) is 11.3 Å². The van der Waals surface area contributed by atoms with Crippen molar-refractivity contribution >= 4 is 16.5 Å². The first kappa shape index (κ1) is 11.0. The van der Waals surface area contributed by atoms with E-state index in [2.05, 4.69) is 15.3 Å². The molecule has 2 aromatic rings. The molecule has 5 heteroatoms. The van der Waals surface area contributed by atoms with Gasteiger partial charge in [0, 0.05) is 23.2 Å². The van der Waals surface area contributed by atoms with Gasteiger partial charge >= 0.3 is 0 Å².